The minimum Gasteiger partial charge on any atom is -0.305 e. The monoisotopic (exact) mass is 266 g/mol. The van der Waals surface area contributed by atoms with Crippen molar-refractivity contribution in [1.82, 2.24) is 10.3 Å². The van der Waals surface area contributed by atoms with E-state index >= 15 is 0 Å². The van der Waals surface area contributed by atoms with E-state index in [0.29, 0.717) is 5.69 Å². The standard InChI is InChI=1S/C11H14N4O2S/c1-7-3-5-8(6-4-7)14-9(16)13-11(2,18)15(12)10(14)17/h3-6,18H,12H2,1-2H3,(H,13,16). The van der Waals surface area contributed by atoms with Crippen molar-refractivity contribution in [2.24, 2.45) is 5.84 Å². The fraction of sp³-hybridized carbons (Fsp3) is 0.273. The molecule has 4 amide bonds. The van der Waals surface area contributed by atoms with Gasteiger partial charge in [-0.05, 0) is 26.0 Å². The molecule has 0 aromatic heterocycles. The lowest BCUT2D eigenvalue weighted by atomic mass is 10.2. The molecule has 1 aromatic rings. The van der Waals surface area contributed by atoms with E-state index in [2.05, 4.69) is 17.9 Å². The Kier molecular flexibility index (Phi) is 2.95. The number of rotatable bonds is 1. The number of hydrazine groups is 1. The van der Waals surface area contributed by atoms with Crippen LogP contribution in [0.3, 0.4) is 0 Å². The van der Waals surface area contributed by atoms with Crippen LogP contribution >= 0.6 is 12.6 Å². The minimum absolute atomic E-state index is 0.461. The van der Waals surface area contributed by atoms with Crippen LogP contribution in [0, 0.1) is 6.92 Å². The number of thiol groups is 1. The zero-order valence-electron chi connectivity index (χ0n) is 10.0. The van der Waals surface area contributed by atoms with Gasteiger partial charge in [-0.15, -0.1) is 12.6 Å². The van der Waals surface area contributed by atoms with Gasteiger partial charge in [0.25, 0.3) is 0 Å². The molecule has 0 aliphatic carbocycles. The van der Waals surface area contributed by atoms with Gasteiger partial charge in [-0.25, -0.2) is 25.3 Å². The molecule has 0 bridgehead atoms. The van der Waals surface area contributed by atoms with Gasteiger partial charge in [0.05, 0.1) is 5.69 Å². The highest BCUT2D eigenvalue weighted by atomic mass is 32.1. The lowest BCUT2D eigenvalue weighted by Gasteiger charge is -2.42. The van der Waals surface area contributed by atoms with E-state index in [-0.39, 0.29) is 0 Å². The van der Waals surface area contributed by atoms with Gasteiger partial charge in [-0.2, -0.15) is 0 Å². The average Bonchev–Trinajstić information content (AvgIpc) is 2.28. The zero-order valence-corrected chi connectivity index (χ0v) is 10.9. The summed E-state index contributed by atoms with van der Waals surface area (Å²) in [5, 5.41) is 3.40. The van der Waals surface area contributed by atoms with Crippen molar-refractivity contribution < 1.29 is 9.59 Å². The number of hydrogen-bond donors (Lipinski definition) is 3. The molecule has 3 N–H and O–H groups in total. The van der Waals surface area contributed by atoms with Gasteiger partial charge in [0.1, 0.15) is 0 Å². The lowest BCUT2D eigenvalue weighted by molar-refractivity contribution is 0.147. The molecule has 7 heteroatoms. The van der Waals surface area contributed by atoms with Crippen LogP contribution in [0.5, 0.6) is 0 Å². The molecule has 1 heterocycles. The maximum Gasteiger partial charge on any atom is 0.349 e. The van der Waals surface area contributed by atoms with Crippen LogP contribution < -0.4 is 16.1 Å². The number of nitrogens with zero attached hydrogens (tertiary/aromatic N) is 2. The Bertz CT molecular complexity index is 500. The second-order valence-corrected chi connectivity index (χ2v) is 5.15. The Hall–Kier alpha value is -1.73. The number of carbonyl (C=O) groups excluding carboxylic acids is 2. The quantitative estimate of drug-likeness (QED) is 0.408. The van der Waals surface area contributed by atoms with Gasteiger partial charge in [0.2, 0.25) is 0 Å². The number of nitrogens with one attached hydrogen (secondary N) is 1. The van der Waals surface area contributed by atoms with Gasteiger partial charge in [0.15, 0.2) is 4.99 Å². The maximum atomic E-state index is 12.1. The molecular formula is C11H14N4O2S. The van der Waals surface area contributed by atoms with E-state index in [1.54, 1.807) is 12.1 Å². The topological polar surface area (TPSA) is 78.7 Å². The Morgan fingerprint density at radius 1 is 1.28 bits per heavy atom. The molecule has 96 valence electrons. The van der Waals surface area contributed by atoms with E-state index in [1.165, 1.54) is 6.92 Å². The third-order valence-corrected chi connectivity index (χ3v) is 3.03. The normalized spacial score (nSPS) is 24.2. The molecule has 18 heavy (non-hydrogen) atoms. The first-order valence-corrected chi connectivity index (χ1v) is 5.78. The molecule has 1 unspecified atom stereocenters. The largest absolute Gasteiger partial charge is 0.349 e. The van der Waals surface area contributed by atoms with Gasteiger partial charge >= 0.3 is 12.1 Å². The van der Waals surface area contributed by atoms with Crippen LogP contribution in [-0.2, 0) is 0 Å². The summed E-state index contributed by atoms with van der Waals surface area (Å²) in [7, 11) is 0. The van der Waals surface area contributed by atoms with Crippen LogP contribution in [0.1, 0.15) is 12.5 Å². The third-order valence-electron chi connectivity index (χ3n) is 2.71. The maximum absolute atomic E-state index is 12.1. The highest BCUT2D eigenvalue weighted by molar-refractivity contribution is 7.81. The van der Waals surface area contributed by atoms with Crippen LogP contribution in [-0.4, -0.2) is 22.1 Å². The van der Waals surface area contributed by atoms with Gasteiger partial charge < -0.3 is 5.32 Å². The highest BCUT2D eigenvalue weighted by Crippen LogP contribution is 2.25. The Labute approximate surface area is 110 Å². The molecule has 0 spiro atoms. The van der Waals surface area contributed by atoms with Crippen molar-refractivity contribution in [2.45, 2.75) is 18.8 Å². The number of carbonyl (C=O) groups is 2. The number of amides is 4. The fourth-order valence-corrected chi connectivity index (χ4v) is 1.80. The molecule has 1 aromatic carbocycles. The highest BCUT2D eigenvalue weighted by Gasteiger charge is 2.43. The smallest absolute Gasteiger partial charge is 0.305 e. The summed E-state index contributed by atoms with van der Waals surface area (Å²) < 4.78 is 0. The number of imide groups is 1. The van der Waals surface area contributed by atoms with Crippen molar-refractivity contribution >= 4 is 30.4 Å². The zero-order chi connectivity index (χ0) is 13.5. The summed E-state index contributed by atoms with van der Waals surface area (Å²) in [6.45, 7) is 3.44. The molecule has 0 saturated carbocycles. The van der Waals surface area contributed by atoms with Crippen molar-refractivity contribution in [2.75, 3.05) is 4.90 Å². The summed E-state index contributed by atoms with van der Waals surface area (Å²) in [6.07, 6.45) is 0. The first kappa shape index (κ1) is 12.7. The average molecular weight is 266 g/mol. The van der Waals surface area contributed by atoms with Crippen LogP contribution in [0.2, 0.25) is 0 Å². The lowest BCUT2D eigenvalue weighted by Crippen LogP contribution is -2.71. The van der Waals surface area contributed by atoms with Crippen LogP contribution in [0.15, 0.2) is 24.3 Å². The molecule has 1 aliphatic rings. The molecular weight excluding hydrogens is 252 g/mol. The molecule has 1 aliphatic heterocycles. The number of nitrogens with two attached hydrogens (primary N) is 1. The van der Waals surface area contributed by atoms with Crippen molar-refractivity contribution in [1.29, 1.82) is 0 Å². The number of urea groups is 2. The van der Waals surface area contributed by atoms with E-state index in [0.717, 1.165) is 15.5 Å². The summed E-state index contributed by atoms with van der Waals surface area (Å²) in [6, 6.07) is 5.81. The first-order valence-electron chi connectivity index (χ1n) is 5.33. The first-order chi connectivity index (χ1) is 8.33. The Morgan fingerprint density at radius 2 is 1.83 bits per heavy atom. The van der Waals surface area contributed by atoms with E-state index in [4.69, 9.17) is 5.84 Å². The second kappa shape index (κ2) is 4.18. The number of anilines is 1. The summed E-state index contributed by atoms with van der Waals surface area (Å²) >= 11 is 4.12. The number of aryl methyl sites for hydroxylation is 1. The molecule has 1 atom stereocenters. The molecule has 1 fully saturated rings. The third kappa shape index (κ3) is 2.02. The summed E-state index contributed by atoms with van der Waals surface area (Å²) in [5.74, 6) is 5.63. The van der Waals surface area contributed by atoms with Crippen molar-refractivity contribution in [3.05, 3.63) is 29.8 Å². The van der Waals surface area contributed by atoms with Crippen molar-refractivity contribution in [3.8, 4) is 0 Å². The summed E-state index contributed by atoms with van der Waals surface area (Å²) in [4.78, 5) is 23.7. The van der Waals surface area contributed by atoms with E-state index in [9.17, 15) is 9.59 Å². The molecule has 2 rings (SSSR count). The van der Waals surface area contributed by atoms with E-state index in [1.807, 2.05) is 19.1 Å². The second-order valence-electron chi connectivity index (χ2n) is 4.27. The number of benzene rings is 1. The Balaban J connectivity index is 2.37. The number of hydrogen-bond acceptors (Lipinski definition) is 4. The minimum atomic E-state index is -1.20. The van der Waals surface area contributed by atoms with Crippen LogP contribution in [0.4, 0.5) is 15.3 Å². The predicted molar refractivity (Wildman–Crippen MR) is 71.0 cm³/mol. The SMILES string of the molecule is Cc1ccc(N2C(=O)NC(C)(S)N(N)C2=O)cc1. The van der Waals surface area contributed by atoms with Gasteiger partial charge in [-0.1, -0.05) is 17.7 Å². The van der Waals surface area contributed by atoms with E-state index < -0.39 is 17.1 Å². The molecule has 6 nitrogen and oxygen atoms in total. The van der Waals surface area contributed by atoms with Gasteiger partial charge in [-0.3, -0.25) is 0 Å². The summed E-state index contributed by atoms with van der Waals surface area (Å²) in [5.41, 5.74) is 1.50. The molecule has 0 radical (unpaired) electrons. The van der Waals surface area contributed by atoms with Crippen LogP contribution in [0.25, 0.3) is 0 Å². The predicted octanol–water partition coefficient (Wildman–Crippen LogP) is 1.42. The van der Waals surface area contributed by atoms with Gasteiger partial charge in [0, 0.05) is 0 Å². The fourth-order valence-electron chi connectivity index (χ4n) is 1.62. The Morgan fingerprint density at radius 3 is 2.39 bits per heavy atom. The van der Waals surface area contributed by atoms with Crippen molar-refractivity contribution in [3.63, 3.8) is 0 Å². The molecule has 1 saturated heterocycles.